The molecule has 4 nitrogen and oxygen atoms in total. The molecule has 0 fully saturated rings. The van der Waals surface area contributed by atoms with Crippen molar-refractivity contribution in [1.29, 1.82) is 5.26 Å². The summed E-state index contributed by atoms with van der Waals surface area (Å²) in [6, 6.07) is 25.3. The molecule has 0 bridgehead atoms. The van der Waals surface area contributed by atoms with Crippen LogP contribution in [0, 0.1) is 11.3 Å². The van der Waals surface area contributed by atoms with E-state index in [2.05, 4.69) is 6.07 Å². The molecule has 0 amide bonds. The first-order chi connectivity index (χ1) is 12.8. The first-order valence-corrected chi connectivity index (χ1v) is 8.30. The van der Waals surface area contributed by atoms with Gasteiger partial charge in [-0.15, -0.1) is 0 Å². The Hall–Kier alpha value is -3.45. The van der Waals surface area contributed by atoms with Gasteiger partial charge in [0.1, 0.15) is 25.0 Å². The van der Waals surface area contributed by atoms with Gasteiger partial charge >= 0.3 is 0 Å². The van der Waals surface area contributed by atoms with Gasteiger partial charge in [0.25, 0.3) is 0 Å². The zero-order valence-electron chi connectivity index (χ0n) is 14.5. The molecule has 3 rings (SSSR count). The lowest BCUT2D eigenvalue weighted by atomic mass is 10.1. The van der Waals surface area contributed by atoms with Crippen LogP contribution in [0.1, 0.15) is 5.56 Å². The van der Waals surface area contributed by atoms with Crippen molar-refractivity contribution in [1.82, 2.24) is 0 Å². The summed E-state index contributed by atoms with van der Waals surface area (Å²) in [5, 5.41) is 9.22. The van der Waals surface area contributed by atoms with E-state index in [9.17, 15) is 5.26 Å². The molecule has 0 aliphatic carbocycles. The molecule has 3 aromatic rings. The van der Waals surface area contributed by atoms with Gasteiger partial charge < -0.3 is 14.2 Å². The number of hydrogen-bond donors (Lipinski definition) is 0. The minimum atomic E-state index is 0.304. The van der Waals surface area contributed by atoms with Crippen LogP contribution in [0.5, 0.6) is 17.2 Å². The van der Waals surface area contributed by atoms with Crippen molar-refractivity contribution in [2.75, 3.05) is 20.3 Å². The van der Waals surface area contributed by atoms with Crippen molar-refractivity contribution in [3.8, 4) is 34.4 Å². The summed E-state index contributed by atoms with van der Waals surface area (Å²) >= 11 is 0. The van der Waals surface area contributed by atoms with Gasteiger partial charge in [-0.1, -0.05) is 54.6 Å². The van der Waals surface area contributed by atoms with E-state index in [1.165, 1.54) is 0 Å². The van der Waals surface area contributed by atoms with Gasteiger partial charge in [-0.2, -0.15) is 5.26 Å². The molecule has 0 aliphatic rings. The molecule has 3 aromatic carbocycles. The molecule has 0 aliphatic heterocycles. The van der Waals surface area contributed by atoms with E-state index in [0.29, 0.717) is 30.3 Å². The zero-order chi connectivity index (χ0) is 18.2. The number of rotatable bonds is 7. The summed E-state index contributed by atoms with van der Waals surface area (Å²) in [6.45, 7) is 0.658. The van der Waals surface area contributed by atoms with Crippen molar-refractivity contribution >= 4 is 0 Å². The van der Waals surface area contributed by atoms with E-state index in [1.54, 1.807) is 25.3 Å². The summed E-state index contributed by atoms with van der Waals surface area (Å²) < 4.78 is 16.9. The maximum atomic E-state index is 9.22. The Bertz CT molecular complexity index is 901. The molecule has 0 spiro atoms. The van der Waals surface area contributed by atoms with Crippen LogP contribution in [-0.4, -0.2) is 20.3 Å². The van der Waals surface area contributed by atoms with Crippen LogP contribution in [0.3, 0.4) is 0 Å². The van der Waals surface area contributed by atoms with Gasteiger partial charge in [0, 0.05) is 5.56 Å². The van der Waals surface area contributed by atoms with Gasteiger partial charge in [-0.05, 0) is 23.8 Å². The second-order valence-electron chi connectivity index (χ2n) is 5.51. The van der Waals surface area contributed by atoms with E-state index < -0.39 is 0 Å². The van der Waals surface area contributed by atoms with Crippen molar-refractivity contribution < 1.29 is 14.2 Å². The Balaban J connectivity index is 1.67. The molecular formula is C22H19NO3. The fraction of sp³-hybridized carbons (Fsp3) is 0.136. The van der Waals surface area contributed by atoms with Gasteiger partial charge in [-0.25, -0.2) is 0 Å². The third-order valence-electron chi connectivity index (χ3n) is 3.88. The van der Waals surface area contributed by atoms with Crippen molar-refractivity contribution in [3.05, 3.63) is 78.4 Å². The third-order valence-corrected chi connectivity index (χ3v) is 3.88. The molecule has 0 N–H and O–H groups in total. The molecule has 4 heteroatoms. The molecule has 0 unspecified atom stereocenters. The van der Waals surface area contributed by atoms with Gasteiger partial charge in [0.15, 0.2) is 11.5 Å². The highest BCUT2D eigenvalue weighted by Crippen LogP contribution is 2.31. The number of nitrogens with zero attached hydrogens (tertiary/aromatic N) is 1. The Morgan fingerprint density at radius 2 is 1.46 bits per heavy atom. The lowest BCUT2D eigenvalue weighted by Gasteiger charge is -2.14. The molecule has 0 saturated heterocycles. The van der Waals surface area contributed by atoms with Gasteiger partial charge in [0.05, 0.1) is 12.7 Å². The molecule has 0 aromatic heterocycles. The van der Waals surface area contributed by atoms with E-state index in [1.807, 2.05) is 54.6 Å². The number of ether oxygens (including phenoxy) is 3. The fourth-order valence-corrected chi connectivity index (χ4v) is 2.66. The van der Waals surface area contributed by atoms with Crippen LogP contribution in [-0.2, 0) is 0 Å². The van der Waals surface area contributed by atoms with E-state index in [0.717, 1.165) is 16.9 Å². The molecular weight excluding hydrogens is 326 g/mol. The topological polar surface area (TPSA) is 51.5 Å². The van der Waals surface area contributed by atoms with Crippen LogP contribution >= 0.6 is 0 Å². The van der Waals surface area contributed by atoms with Crippen LogP contribution in [0.4, 0.5) is 0 Å². The van der Waals surface area contributed by atoms with Crippen LogP contribution in [0.2, 0.25) is 0 Å². The van der Waals surface area contributed by atoms with Gasteiger partial charge in [0.2, 0.25) is 0 Å². The Kier molecular flexibility index (Phi) is 5.74. The predicted molar refractivity (Wildman–Crippen MR) is 101 cm³/mol. The summed E-state index contributed by atoms with van der Waals surface area (Å²) in [4.78, 5) is 0. The average Bonchev–Trinajstić information content (AvgIpc) is 2.72. The lowest BCUT2D eigenvalue weighted by Crippen LogP contribution is -2.10. The summed E-state index contributed by atoms with van der Waals surface area (Å²) in [5.74, 6) is 1.77. The highest BCUT2D eigenvalue weighted by Gasteiger charge is 2.11. The second-order valence-corrected chi connectivity index (χ2v) is 5.51. The Morgan fingerprint density at radius 3 is 2.23 bits per heavy atom. The minimum Gasteiger partial charge on any atom is -0.493 e. The first kappa shape index (κ1) is 17.4. The van der Waals surface area contributed by atoms with Crippen molar-refractivity contribution in [2.24, 2.45) is 0 Å². The highest BCUT2D eigenvalue weighted by molar-refractivity contribution is 5.70. The SMILES string of the molecule is COc1cccc(C#N)c1OCCOc1ccccc1-c1ccccc1. The molecule has 0 radical (unpaired) electrons. The van der Waals surface area contributed by atoms with Gasteiger partial charge in [-0.3, -0.25) is 0 Å². The maximum absolute atomic E-state index is 9.22. The summed E-state index contributed by atoms with van der Waals surface area (Å²) in [7, 11) is 1.55. The molecule has 0 heterocycles. The normalized spacial score (nSPS) is 10.0. The molecule has 0 saturated carbocycles. The highest BCUT2D eigenvalue weighted by atomic mass is 16.5. The van der Waals surface area contributed by atoms with Crippen LogP contribution < -0.4 is 14.2 Å². The molecule has 130 valence electrons. The minimum absolute atomic E-state index is 0.304. The second kappa shape index (κ2) is 8.59. The smallest absolute Gasteiger partial charge is 0.179 e. The number of para-hydroxylation sites is 2. The quantitative estimate of drug-likeness (QED) is 0.583. The Morgan fingerprint density at radius 1 is 0.769 bits per heavy atom. The van der Waals surface area contributed by atoms with Crippen molar-refractivity contribution in [2.45, 2.75) is 0 Å². The largest absolute Gasteiger partial charge is 0.493 e. The number of hydrogen-bond acceptors (Lipinski definition) is 4. The summed E-state index contributed by atoms with van der Waals surface area (Å²) in [5.41, 5.74) is 2.57. The number of benzene rings is 3. The van der Waals surface area contributed by atoms with E-state index in [4.69, 9.17) is 14.2 Å². The standard InChI is InChI=1S/C22H19NO3/c1-24-21-13-7-10-18(16-23)22(21)26-15-14-25-20-12-6-5-11-19(20)17-8-3-2-4-9-17/h2-13H,14-15H2,1H3. The Labute approximate surface area is 153 Å². The lowest BCUT2D eigenvalue weighted by molar-refractivity contribution is 0.211. The number of nitriles is 1. The van der Waals surface area contributed by atoms with E-state index in [-0.39, 0.29) is 0 Å². The molecule has 26 heavy (non-hydrogen) atoms. The third kappa shape index (κ3) is 3.96. The average molecular weight is 345 g/mol. The first-order valence-electron chi connectivity index (χ1n) is 8.30. The van der Waals surface area contributed by atoms with E-state index >= 15 is 0 Å². The predicted octanol–water partition coefficient (Wildman–Crippen LogP) is 4.69. The molecule has 0 atom stereocenters. The monoisotopic (exact) mass is 345 g/mol. The van der Waals surface area contributed by atoms with Crippen LogP contribution in [0.15, 0.2) is 72.8 Å². The number of methoxy groups -OCH3 is 1. The zero-order valence-corrected chi connectivity index (χ0v) is 14.5. The fourth-order valence-electron chi connectivity index (χ4n) is 2.66. The summed E-state index contributed by atoms with van der Waals surface area (Å²) in [6.07, 6.45) is 0. The maximum Gasteiger partial charge on any atom is 0.179 e. The van der Waals surface area contributed by atoms with Crippen molar-refractivity contribution in [3.63, 3.8) is 0 Å². The van der Waals surface area contributed by atoms with Crippen LogP contribution in [0.25, 0.3) is 11.1 Å².